The Labute approximate surface area is 173 Å². The minimum atomic E-state index is -3.61. The van der Waals surface area contributed by atoms with Gasteiger partial charge in [-0.25, -0.2) is 13.1 Å². The molecule has 3 rings (SSSR count). The molecule has 3 aromatic rings. The summed E-state index contributed by atoms with van der Waals surface area (Å²) in [7, 11) is -1.81. The van der Waals surface area contributed by atoms with E-state index in [0.717, 1.165) is 20.6 Å². The number of benzene rings is 2. The molecule has 6 nitrogen and oxygen atoms in total. The van der Waals surface area contributed by atoms with E-state index in [9.17, 15) is 8.42 Å². The average Bonchev–Trinajstić information content (AvgIpc) is 3.16. The van der Waals surface area contributed by atoms with Gasteiger partial charge in [-0.05, 0) is 31.0 Å². The van der Waals surface area contributed by atoms with Crippen LogP contribution in [0, 0.1) is 6.92 Å². The van der Waals surface area contributed by atoms with Crippen LogP contribution in [-0.2, 0) is 10.0 Å². The molecule has 0 aliphatic rings. The van der Waals surface area contributed by atoms with Crippen LogP contribution in [0.15, 0.2) is 63.8 Å². The second-order valence-corrected chi connectivity index (χ2v) is 10.2. The predicted molar refractivity (Wildman–Crippen MR) is 115 cm³/mol. The van der Waals surface area contributed by atoms with Crippen molar-refractivity contribution in [3.05, 3.63) is 65.7 Å². The van der Waals surface area contributed by atoms with Crippen molar-refractivity contribution in [2.24, 2.45) is 0 Å². The number of nitrogens with zero attached hydrogens (tertiary/aromatic N) is 2. The van der Waals surface area contributed by atoms with Crippen LogP contribution in [-0.4, -0.2) is 31.4 Å². The molecule has 0 bridgehead atoms. The molecule has 0 saturated carbocycles. The number of rotatable bonds is 9. The fourth-order valence-electron chi connectivity index (χ4n) is 2.58. The summed E-state index contributed by atoms with van der Waals surface area (Å²) in [6.07, 6.45) is 0.633. The third-order valence-electron chi connectivity index (χ3n) is 4.08. The number of nitrogens with one attached hydrogen (secondary N) is 2. The van der Waals surface area contributed by atoms with Gasteiger partial charge in [0.25, 0.3) is 0 Å². The van der Waals surface area contributed by atoms with Crippen molar-refractivity contribution >= 4 is 38.3 Å². The van der Waals surface area contributed by atoms with Crippen LogP contribution in [0.4, 0.5) is 5.13 Å². The molecule has 28 heavy (non-hydrogen) atoms. The minimum absolute atomic E-state index is 0.273. The first-order valence-electron chi connectivity index (χ1n) is 8.76. The molecule has 1 aromatic heterocycles. The summed E-state index contributed by atoms with van der Waals surface area (Å²) < 4.78 is 29.4. The number of hydrogen-bond donors (Lipinski definition) is 2. The van der Waals surface area contributed by atoms with Gasteiger partial charge in [0.05, 0.1) is 4.90 Å². The summed E-state index contributed by atoms with van der Waals surface area (Å²) >= 11 is 3.06. The molecule has 2 N–H and O–H groups in total. The standard InChI is InChI=1S/C19H22N4O2S3/c1-14-8-10-16(11-9-14)28(24,25)23-17(15-6-4-3-5-7-15)12-13-26-19-22-21-18(20-2)27-19/h3-11,17,23H,12-13H2,1-2H3,(H,20,21). The lowest BCUT2D eigenvalue weighted by Crippen LogP contribution is -2.29. The minimum Gasteiger partial charge on any atom is -0.363 e. The molecule has 148 valence electrons. The quantitative estimate of drug-likeness (QED) is 0.494. The number of aryl methyl sites for hydroxylation is 1. The third kappa shape index (κ3) is 5.54. The molecule has 0 spiro atoms. The summed E-state index contributed by atoms with van der Waals surface area (Å²) in [5.41, 5.74) is 1.96. The van der Waals surface area contributed by atoms with Crippen LogP contribution in [0.2, 0.25) is 0 Å². The van der Waals surface area contributed by atoms with Crippen molar-refractivity contribution in [1.29, 1.82) is 0 Å². The third-order valence-corrected chi connectivity index (χ3v) is 7.68. The molecule has 0 radical (unpaired) electrons. The maximum Gasteiger partial charge on any atom is 0.241 e. The largest absolute Gasteiger partial charge is 0.363 e. The van der Waals surface area contributed by atoms with Crippen molar-refractivity contribution in [3.63, 3.8) is 0 Å². The Kier molecular flexibility index (Phi) is 7.06. The first-order chi connectivity index (χ1) is 13.5. The van der Waals surface area contributed by atoms with Gasteiger partial charge < -0.3 is 5.32 Å². The predicted octanol–water partition coefficient (Wildman–Crippen LogP) is 4.09. The highest BCUT2D eigenvalue weighted by atomic mass is 32.2. The van der Waals surface area contributed by atoms with Gasteiger partial charge >= 0.3 is 0 Å². The second kappa shape index (κ2) is 9.51. The summed E-state index contributed by atoms with van der Waals surface area (Å²) in [5.74, 6) is 0.717. The Bertz CT molecular complexity index is 990. The molecular weight excluding hydrogens is 412 g/mol. The highest BCUT2D eigenvalue weighted by molar-refractivity contribution is 8.01. The van der Waals surface area contributed by atoms with Gasteiger partial charge in [-0.2, -0.15) is 0 Å². The van der Waals surface area contributed by atoms with E-state index in [4.69, 9.17) is 0 Å². The summed E-state index contributed by atoms with van der Waals surface area (Å²) in [6.45, 7) is 1.93. The van der Waals surface area contributed by atoms with Crippen molar-refractivity contribution in [3.8, 4) is 0 Å². The molecule has 0 aliphatic carbocycles. The molecule has 1 atom stereocenters. The zero-order valence-electron chi connectivity index (χ0n) is 15.6. The van der Waals surface area contributed by atoms with Gasteiger partial charge in [0, 0.05) is 18.8 Å². The normalized spacial score (nSPS) is 12.6. The highest BCUT2D eigenvalue weighted by Crippen LogP contribution is 2.28. The van der Waals surface area contributed by atoms with E-state index >= 15 is 0 Å². The fraction of sp³-hybridized carbons (Fsp3) is 0.263. The van der Waals surface area contributed by atoms with Gasteiger partial charge in [-0.1, -0.05) is 71.1 Å². The Morgan fingerprint density at radius 2 is 1.79 bits per heavy atom. The average molecular weight is 435 g/mol. The van der Waals surface area contributed by atoms with Crippen molar-refractivity contribution in [2.75, 3.05) is 18.1 Å². The number of hydrogen-bond acceptors (Lipinski definition) is 7. The fourth-order valence-corrected chi connectivity index (χ4v) is 5.62. The highest BCUT2D eigenvalue weighted by Gasteiger charge is 2.21. The summed E-state index contributed by atoms with van der Waals surface area (Å²) in [6, 6.07) is 16.2. The molecule has 0 fully saturated rings. The van der Waals surface area contributed by atoms with E-state index in [1.807, 2.05) is 37.3 Å². The molecule has 0 amide bonds. The molecule has 1 heterocycles. The van der Waals surface area contributed by atoms with E-state index in [-0.39, 0.29) is 10.9 Å². The van der Waals surface area contributed by atoms with Crippen molar-refractivity contribution in [1.82, 2.24) is 14.9 Å². The van der Waals surface area contributed by atoms with Crippen molar-refractivity contribution < 1.29 is 8.42 Å². The zero-order valence-corrected chi connectivity index (χ0v) is 18.1. The smallest absolute Gasteiger partial charge is 0.241 e. The molecule has 1 unspecified atom stereocenters. The number of sulfonamides is 1. The Morgan fingerprint density at radius 1 is 1.07 bits per heavy atom. The SMILES string of the molecule is CNc1nnc(SCCC(NS(=O)(=O)c2ccc(C)cc2)c2ccccc2)s1. The van der Waals surface area contributed by atoms with Crippen LogP contribution in [0.25, 0.3) is 0 Å². The van der Waals surface area contributed by atoms with Gasteiger partial charge in [0.1, 0.15) is 0 Å². The van der Waals surface area contributed by atoms with E-state index in [1.165, 1.54) is 11.3 Å². The maximum absolute atomic E-state index is 12.9. The summed E-state index contributed by atoms with van der Waals surface area (Å²) in [4.78, 5) is 0.273. The Balaban J connectivity index is 1.72. The molecule has 0 aliphatic heterocycles. The topological polar surface area (TPSA) is 84.0 Å². The van der Waals surface area contributed by atoms with Crippen molar-refractivity contribution in [2.45, 2.75) is 28.6 Å². The molecule has 0 saturated heterocycles. The van der Waals surface area contributed by atoms with Crippen LogP contribution < -0.4 is 10.0 Å². The second-order valence-electron chi connectivity index (χ2n) is 6.16. The first kappa shape index (κ1) is 20.8. The monoisotopic (exact) mass is 434 g/mol. The van der Waals surface area contributed by atoms with Gasteiger partial charge in [0.2, 0.25) is 15.2 Å². The van der Waals surface area contributed by atoms with Crippen LogP contribution >= 0.6 is 23.1 Å². The lowest BCUT2D eigenvalue weighted by atomic mass is 10.1. The lowest BCUT2D eigenvalue weighted by molar-refractivity contribution is 0.551. The Morgan fingerprint density at radius 3 is 2.43 bits per heavy atom. The van der Waals surface area contributed by atoms with Crippen LogP contribution in [0.5, 0.6) is 0 Å². The van der Waals surface area contributed by atoms with Crippen LogP contribution in [0.3, 0.4) is 0 Å². The molecule has 2 aromatic carbocycles. The number of aromatic nitrogens is 2. The van der Waals surface area contributed by atoms with Gasteiger partial charge in [-0.3, -0.25) is 0 Å². The maximum atomic E-state index is 12.9. The zero-order chi connectivity index (χ0) is 20.0. The lowest BCUT2D eigenvalue weighted by Gasteiger charge is -2.19. The van der Waals surface area contributed by atoms with E-state index < -0.39 is 10.0 Å². The summed E-state index contributed by atoms with van der Waals surface area (Å²) in [5, 5.41) is 11.9. The van der Waals surface area contributed by atoms with Gasteiger partial charge in [0.15, 0.2) is 4.34 Å². The molecular formula is C19H22N4O2S3. The first-order valence-corrected chi connectivity index (χ1v) is 12.0. The number of thioether (sulfide) groups is 1. The number of anilines is 1. The van der Waals surface area contributed by atoms with E-state index in [2.05, 4.69) is 20.2 Å². The Hall–Kier alpha value is -1.94. The van der Waals surface area contributed by atoms with E-state index in [0.29, 0.717) is 12.2 Å². The molecule has 9 heteroatoms. The van der Waals surface area contributed by atoms with Crippen LogP contribution in [0.1, 0.15) is 23.6 Å². The van der Waals surface area contributed by atoms with E-state index in [1.54, 1.807) is 43.1 Å². The van der Waals surface area contributed by atoms with Gasteiger partial charge in [-0.15, -0.1) is 10.2 Å².